The molecule has 1 aliphatic carbocycles. The molecule has 0 aromatic carbocycles. The van der Waals surface area contributed by atoms with E-state index in [-0.39, 0.29) is 0 Å². The summed E-state index contributed by atoms with van der Waals surface area (Å²) in [6, 6.07) is 1.83. The van der Waals surface area contributed by atoms with E-state index in [1.165, 1.54) is 0 Å². The van der Waals surface area contributed by atoms with Crippen LogP contribution in [-0.4, -0.2) is 34.6 Å². The lowest BCUT2D eigenvalue weighted by molar-refractivity contribution is 0.0640. The third-order valence-electron chi connectivity index (χ3n) is 4.56. The van der Waals surface area contributed by atoms with E-state index in [1.54, 1.807) is 10.7 Å². The number of hydrogen-bond acceptors (Lipinski definition) is 3. The molecule has 1 fully saturated rings. The normalized spacial score (nSPS) is 18.7. The van der Waals surface area contributed by atoms with Gasteiger partial charge >= 0.3 is 0 Å². The maximum Gasteiger partial charge on any atom is 0.164 e. The van der Waals surface area contributed by atoms with E-state index in [9.17, 15) is 8.78 Å². The number of aromatic nitrogens is 3. The first-order chi connectivity index (χ1) is 10.7. The lowest BCUT2D eigenvalue weighted by Gasteiger charge is -2.35. The molecule has 0 radical (unpaired) electrons. The molecule has 0 saturated heterocycles. The van der Waals surface area contributed by atoms with Crippen LogP contribution in [0.15, 0.2) is 23.1 Å². The van der Waals surface area contributed by atoms with Crippen molar-refractivity contribution in [2.24, 2.45) is 11.3 Å². The van der Waals surface area contributed by atoms with E-state index in [1.807, 2.05) is 12.3 Å². The lowest BCUT2D eigenvalue weighted by atomic mass is 9.72. The Labute approximate surface area is 136 Å². The second kappa shape index (κ2) is 6.48. The predicted molar refractivity (Wildman–Crippen MR) is 82.5 cm³/mol. The van der Waals surface area contributed by atoms with E-state index in [4.69, 9.17) is 4.74 Å². The summed E-state index contributed by atoms with van der Waals surface area (Å²) in [4.78, 5) is 0. The number of nitrogens with zero attached hydrogens (tertiary/aromatic N) is 3. The lowest BCUT2D eigenvalue weighted by Crippen LogP contribution is -2.33. The second-order valence-corrected chi connectivity index (χ2v) is 6.96. The molecular formula is C15H18BrF2N3O. The highest BCUT2D eigenvalue weighted by Crippen LogP contribution is 2.40. The Balaban J connectivity index is 1.59. The zero-order valence-corrected chi connectivity index (χ0v) is 13.7. The van der Waals surface area contributed by atoms with Crippen LogP contribution in [-0.2, 0) is 0 Å². The molecule has 0 atom stereocenters. The van der Waals surface area contributed by atoms with Gasteiger partial charge in [0.05, 0.1) is 24.4 Å². The minimum Gasteiger partial charge on any atom is -0.492 e. The first-order valence-corrected chi connectivity index (χ1v) is 8.19. The fourth-order valence-corrected chi connectivity index (χ4v) is 3.35. The van der Waals surface area contributed by atoms with Crippen molar-refractivity contribution in [3.63, 3.8) is 0 Å². The van der Waals surface area contributed by atoms with Gasteiger partial charge in [-0.05, 0) is 47.5 Å². The van der Waals surface area contributed by atoms with Gasteiger partial charge in [-0.15, -0.1) is 10.2 Å². The van der Waals surface area contributed by atoms with E-state index in [2.05, 4.69) is 26.1 Å². The van der Waals surface area contributed by atoms with Crippen LogP contribution in [0.4, 0.5) is 8.78 Å². The van der Waals surface area contributed by atoms with Crippen LogP contribution in [0, 0.1) is 11.3 Å². The maximum absolute atomic E-state index is 13.0. The number of fused-ring (bicyclic) bond motifs is 1. The van der Waals surface area contributed by atoms with Crippen molar-refractivity contribution in [2.75, 3.05) is 20.0 Å². The Morgan fingerprint density at radius 2 is 2.05 bits per heavy atom. The number of rotatable bonds is 5. The van der Waals surface area contributed by atoms with Gasteiger partial charge in [0.15, 0.2) is 5.65 Å². The summed E-state index contributed by atoms with van der Waals surface area (Å²) in [6.07, 6.45) is 6.27. The van der Waals surface area contributed by atoms with Crippen molar-refractivity contribution in [3.8, 4) is 5.75 Å². The zero-order chi connectivity index (χ0) is 15.6. The summed E-state index contributed by atoms with van der Waals surface area (Å²) in [5.41, 5.74) is -0.0203. The van der Waals surface area contributed by atoms with Gasteiger partial charge in [-0.1, -0.05) is 0 Å². The van der Waals surface area contributed by atoms with Crippen molar-refractivity contribution >= 4 is 21.6 Å². The van der Waals surface area contributed by atoms with Crippen LogP contribution in [0.5, 0.6) is 5.75 Å². The molecule has 120 valence electrons. The Bertz CT molecular complexity index is 635. The summed E-state index contributed by atoms with van der Waals surface area (Å²) in [5.74, 6) is 1.06. The largest absolute Gasteiger partial charge is 0.492 e. The Morgan fingerprint density at radius 1 is 1.32 bits per heavy atom. The Hall–Kier alpha value is -1.24. The van der Waals surface area contributed by atoms with Crippen molar-refractivity contribution in [1.82, 2.24) is 14.6 Å². The first kappa shape index (κ1) is 15.6. The third-order valence-corrected chi connectivity index (χ3v) is 5.15. The van der Waals surface area contributed by atoms with Gasteiger partial charge in [-0.25, -0.2) is 0 Å². The highest BCUT2D eigenvalue weighted by molar-refractivity contribution is 9.10. The van der Waals surface area contributed by atoms with Gasteiger partial charge in [-0.2, -0.15) is 0 Å². The highest BCUT2D eigenvalue weighted by atomic mass is 79.9. The molecule has 0 amide bonds. The number of alkyl halides is 2. The summed E-state index contributed by atoms with van der Waals surface area (Å²) < 4.78 is 34.5. The summed E-state index contributed by atoms with van der Waals surface area (Å²) in [6.45, 7) is -0.574. The molecule has 1 aliphatic rings. The molecule has 2 aromatic heterocycles. The van der Waals surface area contributed by atoms with Gasteiger partial charge < -0.3 is 4.74 Å². The molecule has 1 saturated carbocycles. The number of ether oxygens (including phenoxy) is 1. The van der Waals surface area contributed by atoms with Gasteiger partial charge in [0.2, 0.25) is 0 Å². The van der Waals surface area contributed by atoms with Crippen molar-refractivity contribution < 1.29 is 13.5 Å². The Kier molecular flexibility index (Phi) is 4.61. The molecule has 0 N–H and O–H groups in total. The molecule has 7 heteroatoms. The quantitative estimate of drug-likeness (QED) is 0.795. The highest BCUT2D eigenvalue weighted by Gasteiger charge is 2.35. The fourth-order valence-electron chi connectivity index (χ4n) is 2.90. The predicted octanol–water partition coefficient (Wildman–Crippen LogP) is 3.99. The standard InChI is InChI=1S/C15H18BrF2N3O/c16-12-6-21-10-19-20-14(21)5-13(12)22-7-11-1-3-15(8-17,9-18)4-2-11/h5-6,10-11H,1-4,7-9H2. The molecule has 0 spiro atoms. The molecule has 2 heterocycles. The van der Waals surface area contributed by atoms with Crippen LogP contribution in [0.25, 0.3) is 5.65 Å². The minimum atomic E-state index is -0.739. The van der Waals surface area contributed by atoms with Crippen LogP contribution in [0.1, 0.15) is 25.7 Å². The average molecular weight is 374 g/mol. The second-order valence-electron chi connectivity index (χ2n) is 6.10. The van der Waals surface area contributed by atoms with Gasteiger partial charge in [0.25, 0.3) is 0 Å². The topological polar surface area (TPSA) is 39.4 Å². The zero-order valence-electron chi connectivity index (χ0n) is 12.1. The molecule has 0 aliphatic heterocycles. The molecule has 4 nitrogen and oxygen atoms in total. The smallest absolute Gasteiger partial charge is 0.164 e. The van der Waals surface area contributed by atoms with E-state index >= 15 is 0 Å². The Morgan fingerprint density at radius 3 is 2.73 bits per heavy atom. The fraction of sp³-hybridized carbons (Fsp3) is 0.600. The summed E-state index contributed by atoms with van der Waals surface area (Å²) >= 11 is 3.47. The molecule has 3 rings (SSSR count). The molecule has 2 aromatic rings. The van der Waals surface area contributed by atoms with E-state index in [0.29, 0.717) is 31.1 Å². The number of hydrogen-bond donors (Lipinski definition) is 0. The van der Waals surface area contributed by atoms with E-state index < -0.39 is 18.8 Å². The van der Waals surface area contributed by atoms with Gasteiger partial charge in [0.1, 0.15) is 12.1 Å². The molecule has 0 unspecified atom stereocenters. The van der Waals surface area contributed by atoms with Crippen LogP contribution in [0.3, 0.4) is 0 Å². The van der Waals surface area contributed by atoms with Gasteiger partial charge in [-0.3, -0.25) is 13.2 Å². The SMILES string of the molecule is FCC1(CF)CCC(COc2cc3nncn3cc2Br)CC1. The first-order valence-electron chi connectivity index (χ1n) is 7.39. The summed E-state index contributed by atoms with van der Waals surface area (Å²) in [5, 5.41) is 7.82. The van der Waals surface area contributed by atoms with Crippen molar-refractivity contribution in [3.05, 3.63) is 23.1 Å². The van der Waals surface area contributed by atoms with E-state index in [0.717, 1.165) is 23.0 Å². The summed E-state index contributed by atoms with van der Waals surface area (Å²) in [7, 11) is 0. The molecule has 22 heavy (non-hydrogen) atoms. The third kappa shape index (κ3) is 3.09. The van der Waals surface area contributed by atoms with Crippen molar-refractivity contribution in [1.29, 1.82) is 0 Å². The van der Waals surface area contributed by atoms with Crippen LogP contribution >= 0.6 is 15.9 Å². The monoisotopic (exact) mass is 373 g/mol. The van der Waals surface area contributed by atoms with Crippen LogP contribution in [0.2, 0.25) is 0 Å². The maximum atomic E-state index is 13.0. The average Bonchev–Trinajstić information content (AvgIpc) is 3.00. The van der Waals surface area contributed by atoms with Crippen LogP contribution < -0.4 is 4.74 Å². The molecular weight excluding hydrogens is 356 g/mol. The molecule has 0 bridgehead atoms. The van der Waals surface area contributed by atoms with Gasteiger partial charge in [0, 0.05) is 17.7 Å². The van der Waals surface area contributed by atoms with Crippen molar-refractivity contribution in [2.45, 2.75) is 25.7 Å². The minimum absolute atomic E-state index is 0.340. The number of pyridine rings is 1. The number of halogens is 3.